The quantitative estimate of drug-likeness (QED) is 0.609. The minimum atomic E-state index is -1.65. The van der Waals surface area contributed by atoms with Crippen LogP contribution in [0.3, 0.4) is 0 Å². The first kappa shape index (κ1) is 12.5. The van der Waals surface area contributed by atoms with Gasteiger partial charge in [-0.2, -0.15) is 0 Å². The van der Waals surface area contributed by atoms with E-state index in [9.17, 15) is 0 Å². The van der Waals surface area contributed by atoms with Crippen molar-refractivity contribution in [2.75, 3.05) is 0 Å². The van der Waals surface area contributed by atoms with Gasteiger partial charge in [0.15, 0.2) is 4.33 Å². The molecule has 1 aliphatic rings. The average Bonchev–Trinajstić information content (AvgIpc) is 2.04. The summed E-state index contributed by atoms with van der Waals surface area (Å²) in [5.74, 6) is -0.0860. The minimum absolute atomic E-state index is 0.0860. The Morgan fingerprint density at radius 3 is 2.00 bits per heavy atom. The standard InChI is InChI=1S/C8H9Cl5/c9-7(10,8(11,12)13)6-4-2-1-3-5-6/h2,5-6H,1,3-4H2. The monoisotopic (exact) mass is 280 g/mol. The second-order valence-corrected chi connectivity index (χ2v) is 6.73. The summed E-state index contributed by atoms with van der Waals surface area (Å²) in [5.41, 5.74) is 0. The van der Waals surface area contributed by atoms with Gasteiger partial charge in [0.2, 0.25) is 3.79 Å². The zero-order valence-corrected chi connectivity index (χ0v) is 10.5. The largest absolute Gasteiger partial charge is 0.223 e. The number of rotatable bonds is 1. The normalized spacial score (nSPS) is 21.9. The Balaban J connectivity index is 2.67. The van der Waals surface area contributed by atoms with Crippen LogP contribution in [0.1, 0.15) is 19.3 Å². The van der Waals surface area contributed by atoms with Crippen molar-refractivity contribution in [1.29, 1.82) is 0 Å². The summed E-state index contributed by atoms with van der Waals surface area (Å²) in [6.07, 6.45) is 6.87. The molecule has 0 N–H and O–H groups in total. The lowest BCUT2D eigenvalue weighted by Gasteiger charge is -2.37. The van der Waals surface area contributed by atoms with Crippen LogP contribution in [0.2, 0.25) is 0 Å². The molecule has 0 nitrogen and oxygen atoms in total. The van der Waals surface area contributed by atoms with E-state index >= 15 is 0 Å². The fraction of sp³-hybridized carbons (Fsp3) is 0.750. The molecule has 1 atom stereocenters. The van der Waals surface area contributed by atoms with Gasteiger partial charge in [-0.15, -0.1) is 0 Å². The predicted molar refractivity (Wildman–Crippen MR) is 60.7 cm³/mol. The van der Waals surface area contributed by atoms with Crippen molar-refractivity contribution in [3.63, 3.8) is 0 Å². The summed E-state index contributed by atoms with van der Waals surface area (Å²) < 4.78 is -2.99. The van der Waals surface area contributed by atoms with Crippen LogP contribution in [0, 0.1) is 18.8 Å². The second kappa shape index (κ2) is 4.53. The number of halogens is 5. The van der Waals surface area contributed by atoms with E-state index in [2.05, 4.69) is 6.42 Å². The highest BCUT2D eigenvalue weighted by Crippen LogP contribution is 2.53. The number of alkyl halides is 5. The maximum absolute atomic E-state index is 6.01. The summed E-state index contributed by atoms with van der Waals surface area (Å²) in [4.78, 5) is 0. The van der Waals surface area contributed by atoms with Gasteiger partial charge in [0.1, 0.15) is 0 Å². The van der Waals surface area contributed by atoms with Crippen molar-refractivity contribution < 1.29 is 0 Å². The molecule has 0 saturated heterocycles. The molecular weight excluding hydrogens is 273 g/mol. The van der Waals surface area contributed by atoms with Crippen molar-refractivity contribution in [1.82, 2.24) is 0 Å². The first-order valence-electron chi connectivity index (χ1n) is 3.95. The van der Waals surface area contributed by atoms with E-state index in [1.54, 1.807) is 0 Å². The summed E-state index contributed by atoms with van der Waals surface area (Å²) in [5, 5.41) is 0. The summed E-state index contributed by atoms with van der Waals surface area (Å²) in [6.45, 7) is 0. The Bertz CT molecular complexity index is 166. The van der Waals surface area contributed by atoms with E-state index in [1.165, 1.54) is 0 Å². The van der Waals surface area contributed by atoms with Gasteiger partial charge in [0.05, 0.1) is 0 Å². The molecule has 0 spiro atoms. The minimum Gasteiger partial charge on any atom is -0.0965 e. The smallest absolute Gasteiger partial charge is 0.0965 e. The third kappa shape index (κ3) is 2.95. The van der Waals surface area contributed by atoms with Crippen LogP contribution < -0.4 is 0 Å². The third-order valence-electron chi connectivity index (χ3n) is 2.09. The SMILES string of the molecule is ClC(Cl)(Cl)C(Cl)(Cl)C1[CH]CC[CH]C1. The van der Waals surface area contributed by atoms with Gasteiger partial charge in [0, 0.05) is 0 Å². The van der Waals surface area contributed by atoms with Crippen molar-refractivity contribution >= 4 is 58.0 Å². The molecule has 1 unspecified atom stereocenters. The van der Waals surface area contributed by atoms with Crippen LogP contribution in [0.15, 0.2) is 0 Å². The first-order valence-corrected chi connectivity index (χ1v) is 5.84. The van der Waals surface area contributed by atoms with Gasteiger partial charge >= 0.3 is 0 Å². The van der Waals surface area contributed by atoms with E-state index in [4.69, 9.17) is 58.0 Å². The van der Waals surface area contributed by atoms with Gasteiger partial charge in [-0.3, -0.25) is 0 Å². The van der Waals surface area contributed by atoms with Gasteiger partial charge in [-0.05, 0) is 38.0 Å². The van der Waals surface area contributed by atoms with Gasteiger partial charge in [-0.1, -0.05) is 58.0 Å². The second-order valence-electron chi connectivity index (χ2n) is 3.06. The van der Waals surface area contributed by atoms with Crippen LogP contribution in [0.4, 0.5) is 0 Å². The molecule has 1 aliphatic carbocycles. The maximum atomic E-state index is 6.01. The van der Waals surface area contributed by atoms with Gasteiger partial charge in [-0.25, -0.2) is 0 Å². The zero-order chi connectivity index (χ0) is 10.1. The Kier molecular flexibility index (Phi) is 4.36. The fourth-order valence-corrected chi connectivity index (χ4v) is 2.09. The average molecular weight is 282 g/mol. The lowest BCUT2D eigenvalue weighted by atomic mass is 9.87. The van der Waals surface area contributed by atoms with Crippen LogP contribution in [0.25, 0.3) is 0 Å². The van der Waals surface area contributed by atoms with Crippen molar-refractivity contribution in [2.45, 2.75) is 27.4 Å². The molecule has 0 heterocycles. The Morgan fingerprint density at radius 1 is 1.00 bits per heavy atom. The van der Waals surface area contributed by atoms with Gasteiger partial charge in [0.25, 0.3) is 0 Å². The molecule has 5 heteroatoms. The lowest BCUT2D eigenvalue weighted by Crippen LogP contribution is -2.40. The highest BCUT2D eigenvalue weighted by Gasteiger charge is 2.51. The van der Waals surface area contributed by atoms with Crippen molar-refractivity contribution in [3.05, 3.63) is 12.8 Å². The lowest BCUT2D eigenvalue weighted by molar-refractivity contribution is 0.462. The highest BCUT2D eigenvalue weighted by atomic mass is 35.6. The molecule has 0 bridgehead atoms. The van der Waals surface area contributed by atoms with E-state index < -0.39 is 8.13 Å². The summed E-state index contributed by atoms with van der Waals surface area (Å²) >= 11 is 29.1. The van der Waals surface area contributed by atoms with Crippen LogP contribution in [-0.2, 0) is 0 Å². The van der Waals surface area contributed by atoms with E-state index in [0.717, 1.165) is 19.3 Å². The van der Waals surface area contributed by atoms with Crippen LogP contribution >= 0.6 is 58.0 Å². The van der Waals surface area contributed by atoms with Crippen LogP contribution in [-0.4, -0.2) is 8.13 Å². The van der Waals surface area contributed by atoms with E-state index in [-0.39, 0.29) is 5.92 Å². The Morgan fingerprint density at radius 2 is 1.62 bits per heavy atom. The molecule has 1 fully saturated rings. The molecule has 0 amide bonds. The summed E-state index contributed by atoms with van der Waals surface area (Å²) in [7, 11) is 0. The molecule has 1 rings (SSSR count). The van der Waals surface area contributed by atoms with Crippen molar-refractivity contribution in [2.24, 2.45) is 5.92 Å². The molecule has 0 aromatic carbocycles. The van der Waals surface area contributed by atoms with E-state index in [0.29, 0.717) is 0 Å². The van der Waals surface area contributed by atoms with Gasteiger partial charge < -0.3 is 0 Å². The molecule has 0 aliphatic heterocycles. The molecule has 13 heavy (non-hydrogen) atoms. The number of hydrogen-bond donors (Lipinski definition) is 0. The molecule has 1 saturated carbocycles. The Hall–Kier alpha value is 1.45. The fourth-order valence-electron chi connectivity index (χ4n) is 1.32. The summed E-state index contributed by atoms with van der Waals surface area (Å²) in [6, 6.07) is 0. The molecule has 0 aromatic rings. The third-order valence-corrected chi connectivity index (χ3v) is 4.69. The van der Waals surface area contributed by atoms with E-state index in [1.807, 2.05) is 6.42 Å². The number of hydrogen-bond acceptors (Lipinski definition) is 0. The topological polar surface area (TPSA) is 0 Å². The van der Waals surface area contributed by atoms with Crippen LogP contribution in [0.5, 0.6) is 0 Å². The zero-order valence-electron chi connectivity index (χ0n) is 6.74. The molecular formula is C8H9Cl5. The predicted octanol–water partition coefficient (Wildman–Crippen LogP) is 4.74. The highest BCUT2D eigenvalue weighted by molar-refractivity contribution is 6.75. The Labute approximate surface area is 104 Å². The first-order chi connectivity index (χ1) is 5.86. The van der Waals surface area contributed by atoms with Crippen molar-refractivity contribution in [3.8, 4) is 0 Å². The molecule has 0 aromatic heterocycles. The maximum Gasteiger partial charge on any atom is 0.223 e. The molecule has 2 radical (unpaired) electrons. The molecule has 76 valence electrons.